The molecule has 0 amide bonds. The fraction of sp³-hybridized carbons (Fsp3) is 0.571. The highest BCUT2D eigenvalue weighted by molar-refractivity contribution is 7.89. The van der Waals surface area contributed by atoms with Gasteiger partial charge in [-0.05, 0) is 43.5 Å². The third kappa shape index (κ3) is 3.53. The number of nitrogens with two attached hydrogens (primary N) is 2. The average Bonchev–Trinajstić information content (AvgIpc) is 2.45. The lowest BCUT2D eigenvalue weighted by molar-refractivity contribution is 0.305. The first-order chi connectivity index (χ1) is 9.84. The Balaban J connectivity index is 2.28. The van der Waals surface area contributed by atoms with Crippen LogP contribution in [0.1, 0.15) is 25.7 Å². The van der Waals surface area contributed by atoms with E-state index in [2.05, 4.69) is 0 Å². The lowest BCUT2D eigenvalue weighted by Crippen LogP contribution is -2.43. The molecule has 5 nitrogen and oxygen atoms in total. The summed E-state index contributed by atoms with van der Waals surface area (Å²) in [6.07, 6.45) is 4.26. The molecule has 2 atom stereocenters. The van der Waals surface area contributed by atoms with Gasteiger partial charge in [-0.25, -0.2) is 17.9 Å². The molecule has 21 heavy (non-hydrogen) atoms. The summed E-state index contributed by atoms with van der Waals surface area (Å²) < 4.78 is 36.7. The first kappa shape index (κ1) is 16.2. The molecule has 0 spiro atoms. The molecule has 1 saturated carbocycles. The van der Waals surface area contributed by atoms with Crippen LogP contribution < -0.4 is 15.8 Å². The molecule has 0 aliphatic heterocycles. The first-order valence-electron chi connectivity index (χ1n) is 7.10. The summed E-state index contributed by atoms with van der Waals surface area (Å²) in [5.74, 6) is -0.244. The van der Waals surface area contributed by atoms with Crippen molar-refractivity contribution in [1.29, 1.82) is 0 Å². The number of benzene rings is 1. The minimum Gasteiger partial charge on any atom is -0.369 e. The SMILES string of the molecule is CN(c1ccc(S(N)(=O)=O)cc1F)C1CCCCC1CN. The van der Waals surface area contributed by atoms with Crippen molar-refractivity contribution in [2.24, 2.45) is 16.8 Å². The molecular formula is C14H22FN3O2S. The van der Waals surface area contributed by atoms with Gasteiger partial charge in [0.05, 0.1) is 10.6 Å². The van der Waals surface area contributed by atoms with E-state index in [1.807, 2.05) is 11.9 Å². The van der Waals surface area contributed by atoms with Crippen molar-refractivity contribution >= 4 is 15.7 Å². The van der Waals surface area contributed by atoms with Crippen molar-refractivity contribution in [3.05, 3.63) is 24.0 Å². The Morgan fingerprint density at radius 2 is 2.00 bits per heavy atom. The molecule has 7 heteroatoms. The molecule has 1 fully saturated rings. The maximum Gasteiger partial charge on any atom is 0.238 e. The summed E-state index contributed by atoms with van der Waals surface area (Å²) in [7, 11) is -2.06. The van der Waals surface area contributed by atoms with Gasteiger partial charge in [0, 0.05) is 13.1 Å². The Kier molecular flexibility index (Phi) is 4.85. The van der Waals surface area contributed by atoms with Crippen LogP contribution in [0.5, 0.6) is 0 Å². The van der Waals surface area contributed by atoms with Gasteiger partial charge in [-0.3, -0.25) is 0 Å². The third-order valence-corrected chi connectivity index (χ3v) is 5.21. The monoisotopic (exact) mass is 315 g/mol. The molecule has 0 aromatic heterocycles. The van der Waals surface area contributed by atoms with Crippen molar-refractivity contribution in [3.8, 4) is 0 Å². The molecule has 1 aromatic carbocycles. The van der Waals surface area contributed by atoms with Gasteiger partial charge in [0.1, 0.15) is 5.82 Å². The Morgan fingerprint density at radius 1 is 1.33 bits per heavy atom. The highest BCUT2D eigenvalue weighted by Gasteiger charge is 2.28. The van der Waals surface area contributed by atoms with Gasteiger partial charge in [0.2, 0.25) is 10.0 Å². The number of anilines is 1. The van der Waals surface area contributed by atoms with Crippen molar-refractivity contribution in [2.75, 3.05) is 18.5 Å². The van der Waals surface area contributed by atoms with E-state index < -0.39 is 15.8 Å². The highest BCUT2D eigenvalue weighted by atomic mass is 32.2. The van der Waals surface area contributed by atoms with Crippen LogP contribution in [0.25, 0.3) is 0 Å². The van der Waals surface area contributed by atoms with Crippen LogP contribution in [0, 0.1) is 11.7 Å². The lowest BCUT2D eigenvalue weighted by atomic mass is 9.83. The van der Waals surface area contributed by atoms with E-state index in [1.54, 1.807) is 0 Å². The molecule has 118 valence electrons. The lowest BCUT2D eigenvalue weighted by Gasteiger charge is -2.39. The van der Waals surface area contributed by atoms with E-state index in [-0.39, 0.29) is 10.9 Å². The predicted molar refractivity (Wildman–Crippen MR) is 81.0 cm³/mol. The van der Waals surface area contributed by atoms with Crippen LogP contribution in [0.15, 0.2) is 23.1 Å². The Hall–Kier alpha value is -1.18. The minimum absolute atomic E-state index is 0.179. The molecule has 1 aromatic rings. The second-order valence-electron chi connectivity index (χ2n) is 5.62. The molecule has 4 N–H and O–H groups in total. The fourth-order valence-corrected chi connectivity index (χ4v) is 3.63. The fourth-order valence-electron chi connectivity index (χ4n) is 3.10. The number of halogens is 1. The quantitative estimate of drug-likeness (QED) is 0.879. The maximum absolute atomic E-state index is 14.2. The van der Waals surface area contributed by atoms with E-state index >= 15 is 0 Å². The standard InChI is InChI=1S/C14H22FN3O2S/c1-18(13-5-3-2-4-10(13)9-16)14-7-6-11(8-12(14)15)21(17,19)20/h6-8,10,13H,2-5,9,16H2,1H3,(H2,17,19,20). The highest BCUT2D eigenvalue weighted by Crippen LogP contribution is 2.32. The molecule has 0 saturated heterocycles. The summed E-state index contributed by atoms with van der Waals surface area (Å²) in [6, 6.07) is 3.96. The van der Waals surface area contributed by atoms with Gasteiger partial charge in [0.15, 0.2) is 0 Å². The van der Waals surface area contributed by atoms with Gasteiger partial charge in [-0.1, -0.05) is 12.8 Å². The van der Waals surface area contributed by atoms with Gasteiger partial charge in [0.25, 0.3) is 0 Å². The van der Waals surface area contributed by atoms with E-state index in [9.17, 15) is 12.8 Å². The van der Waals surface area contributed by atoms with Crippen LogP contribution in [-0.4, -0.2) is 28.1 Å². The second-order valence-corrected chi connectivity index (χ2v) is 7.18. The van der Waals surface area contributed by atoms with Crippen LogP contribution >= 0.6 is 0 Å². The van der Waals surface area contributed by atoms with Crippen LogP contribution in [0.3, 0.4) is 0 Å². The van der Waals surface area contributed by atoms with Crippen molar-refractivity contribution < 1.29 is 12.8 Å². The van der Waals surface area contributed by atoms with Crippen LogP contribution in [-0.2, 0) is 10.0 Å². The first-order valence-corrected chi connectivity index (χ1v) is 8.64. The normalized spacial score (nSPS) is 23.0. The maximum atomic E-state index is 14.2. The topological polar surface area (TPSA) is 89.4 Å². The number of nitrogens with zero attached hydrogens (tertiary/aromatic N) is 1. The van der Waals surface area contributed by atoms with Crippen LogP contribution in [0.2, 0.25) is 0 Å². The van der Waals surface area contributed by atoms with E-state index in [4.69, 9.17) is 10.9 Å². The molecule has 2 unspecified atom stereocenters. The van der Waals surface area contributed by atoms with Crippen molar-refractivity contribution in [3.63, 3.8) is 0 Å². The van der Waals surface area contributed by atoms with E-state index in [0.29, 0.717) is 18.2 Å². The zero-order valence-electron chi connectivity index (χ0n) is 12.1. The summed E-state index contributed by atoms with van der Waals surface area (Å²) >= 11 is 0. The Labute approximate surface area is 125 Å². The second kappa shape index (κ2) is 6.29. The zero-order chi connectivity index (χ0) is 15.6. The summed E-state index contributed by atoms with van der Waals surface area (Å²) in [5, 5.41) is 5.01. The van der Waals surface area contributed by atoms with Gasteiger partial charge >= 0.3 is 0 Å². The summed E-state index contributed by atoms with van der Waals surface area (Å²) in [5.41, 5.74) is 6.19. The van der Waals surface area contributed by atoms with E-state index in [1.165, 1.54) is 12.1 Å². The molecule has 0 bridgehead atoms. The molecule has 1 aliphatic rings. The van der Waals surface area contributed by atoms with Crippen LogP contribution in [0.4, 0.5) is 10.1 Å². The zero-order valence-corrected chi connectivity index (χ0v) is 12.9. The molecule has 0 radical (unpaired) electrons. The summed E-state index contributed by atoms with van der Waals surface area (Å²) in [6.45, 7) is 0.575. The third-order valence-electron chi connectivity index (χ3n) is 4.30. The number of rotatable bonds is 4. The predicted octanol–water partition coefficient (Wildman–Crippen LogP) is 1.43. The van der Waals surface area contributed by atoms with E-state index in [0.717, 1.165) is 31.7 Å². The molecule has 1 aliphatic carbocycles. The van der Waals surface area contributed by atoms with Gasteiger partial charge < -0.3 is 10.6 Å². The smallest absolute Gasteiger partial charge is 0.238 e. The number of primary sulfonamides is 1. The van der Waals surface area contributed by atoms with Gasteiger partial charge in [-0.2, -0.15) is 0 Å². The summed E-state index contributed by atoms with van der Waals surface area (Å²) in [4.78, 5) is 1.66. The molecule has 2 rings (SSSR count). The van der Waals surface area contributed by atoms with Crippen molar-refractivity contribution in [2.45, 2.75) is 36.6 Å². The van der Waals surface area contributed by atoms with Gasteiger partial charge in [-0.15, -0.1) is 0 Å². The number of hydrogen-bond acceptors (Lipinski definition) is 4. The number of hydrogen-bond donors (Lipinski definition) is 2. The molecular weight excluding hydrogens is 293 g/mol. The average molecular weight is 315 g/mol. The molecule has 0 heterocycles. The van der Waals surface area contributed by atoms with Crippen molar-refractivity contribution in [1.82, 2.24) is 0 Å². The minimum atomic E-state index is -3.89. The Bertz CT molecular complexity index is 606. The number of sulfonamides is 1. The Morgan fingerprint density at radius 3 is 2.57 bits per heavy atom. The largest absolute Gasteiger partial charge is 0.369 e.